The van der Waals surface area contributed by atoms with Crippen LogP contribution in [0, 0.1) is 6.92 Å². The summed E-state index contributed by atoms with van der Waals surface area (Å²) >= 11 is 0. The zero-order valence-corrected chi connectivity index (χ0v) is 8.80. The first-order valence-corrected chi connectivity index (χ1v) is 5.02. The first-order chi connectivity index (χ1) is 7.58. The Kier molecular flexibility index (Phi) is 2.60. The monoisotopic (exact) mass is 220 g/mol. The molecule has 84 valence electrons. The van der Waals surface area contributed by atoms with Crippen molar-refractivity contribution in [2.45, 2.75) is 25.3 Å². The number of pyridine rings is 1. The van der Waals surface area contributed by atoms with Crippen molar-refractivity contribution in [1.82, 2.24) is 10.3 Å². The average Bonchev–Trinajstić information content (AvgIpc) is 2.61. The fourth-order valence-electron chi connectivity index (χ4n) is 1.89. The molecule has 0 saturated carbocycles. The first-order valence-electron chi connectivity index (χ1n) is 5.02. The van der Waals surface area contributed by atoms with Gasteiger partial charge in [-0.05, 0) is 18.6 Å². The Morgan fingerprint density at radius 1 is 1.56 bits per heavy atom. The van der Waals surface area contributed by atoms with E-state index in [1.807, 2.05) is 19.1 Å². The predicted molar refractivity (Wildman–Crippen MR) is 55.9 cm³/mol. The van der Waals surface area contributed by atoms with Crippen molar-refractivity contribution < 1.29 is 14.7 Å². The minimum atomic E-state index is -1.00. The number of hydrogen-bond donors (Lipinski definition) is 2. The third-order valence-corrected chi connectivity index (χ3v) is 2.75. The van der Waals surface area contributed by atoms with E-state index in [1.54, 1.807) is 6.20 Å². The molecule has 2 heterocycles. The van der Waals surface area contributed by atoms with Crippen LogP contribution < -0.4 is 5.32 Å². The highest BCUT2D eigenvalue weighted by Crippen LogP contribution is 2.28. The van der Waals surface area contributed by atoms with Gasteiger partial charge in [-0.3, -0.25) is 9.78 Å². The van der Waals surface area contributed by atoms with Crippen molar-refractivity contribution in [3.8, 4) is 0 Å². The molecule has 1 aromatic rings. The highest BCUT2D eigenvalue weighted by molar-refractivity contribution is 5.89. The number of aliphatic carboxylic acids is 1. The lowest BCUT2D eigenvalue weighted by Crippen LogP contribution is -2.36. The van der Waals surface area contributed by atoms with Crippen LogP contribution in [0.1, 0.15) is 23.6 Å². The van der Waals surface area contributed by atoms with E-state index in [4.69, 9.17) is 5.11 Å². The molecular formula is C11H12N2O3. The molecule has 5 nitrogen and oxygen atoms in total. The lowest BCUT2D eigenvalue weighted by molar-refractivity contribution is -0.140. The summed E-state index contributed by atoms with van der Waals surface area (Å²) in [7, 11) is 0. The molecule has 1 aliphatic heterocycles. The van der Waals surface area contributed by atoms with Crippen LogP contribution >= 0.6 is 0 Å². The minimum Gasteiger partial charge on any atom is -0.480 e. The van der Waals surface area contributed by atoms with Crippen molar-refractivity contribution >= 4 is 11.9 Å². The van der Waals surface area contributed by atoms with Gasteiger partial charge in [0.15, 0.2) is 0 Å². The molecule has 2 N–H and O–H groups in total. The Morgan fingerprint density at radius 3 is 2.88 bits per heavy atom. The molecule has 2 atom stereocenters. The van der Waals surface area contributed by atoms with Crippen LogP contribution in [0.15, 0.2) is 18.3 Å². The topological polar surface area (TPSA) is 79.3 Å². The maximum atomic E-state index is 11.2. The van der Waals surface area contributed by atoms with Crippen LogP contribution in [0.5, 0.6) is 0 Å². The van der Waals surface area contributed by atoms with Crippen LogP contribution in [-0.4, -0.2) is 28.0 Å². The largest absolute Gasteiger partial charge is 0.480 e. The van der Waals surface area contributed by atoms with Gasteiger partial charge in [-0.25, -0.2) is 4.79 Å². The predicted octanol–water partition coefficient (Wildman–Crippen LogP) is 0.447. The van der Waals surface area contributed by atoms with E-state index >= 15 is 0 Å². The maximum Gasteiger partial charge on any atom is 0.326 e. The summed E-state index contributed by atoms with van der Waals surface area (Å²) in [6.45, 7) is 1.86. The molecule has 1 amide bonds. The van der Waals surface area contributed by atoms with Gasteiger partial charge >= 0.3 is 5.97 Å². The van der Waals surface area contributed by atoms with E-state index < -0.39 is 12.0 Å². The molecular weight excluding hydrogens is 208 g/mol. The summed E-state index contributed by atoms with van der Waals surface area (Å²) in [5.74, 6) is -1.55. The number of carboxylic acid groups (broad SMARTS) is 1. The van der Waals surface area contributed by atoms with E-state index in [2.05, 4.69) is 10.3 Å². The van der Waals surface area contributed by atoms with E-state index in [0.717, 1.165) is 11.3 Å². The molecule has 0 bridgehead atoms. The summed E-state index contributed by atoms with van der Waals surface area (Å²) in [4.78, 5) is 26.3. The Morgan fingerprint density at radius 2 is 2.31 bits per heavy atom. The zero-order chi connectivity index (χ0) is 11.7. The molecule has 5 heteroatoms. The van der Waals surface area contributed by atoms with Gasteiger partial charge in [0.1, 0.15) is 6.04 Å². The smallest absolute Gasteiger partial charge is 0.326 e. The molecule has 1 aliphatic rings. The van der Waals surface area contributed by atoms with Crippen LogP contribution in [0.3, 0.4) is 0 Å². The number of rotatable bonds is 2. The molecule has 0 aliphatic carbocycles. The third-order valence-electron chi connectivity index (χ3n) is 2.75. The summed E-state index contributed by atoms with van der Waals surface area (Å²) in [5, 5.41) is 11.4. The van der Waals surface area contributed by atoms with Gasteiger partial charge in [0, 0.05) is 24.2 Å². The van der Waals surface area contributed by atoms with Crippen molar-refractivity contribution in [1.29, 1.82) is 0 Å². The number of aryl methyl sites for hydroxylation is 1. The molecule has 0 aromatic carbocycles. The highest BCUT2D eigenvalue weighted by atomic mass is 16.4. The summed E-state index contributed by atoms with van der Waals surface area (Å²) < 4.78 is 0. The molecule has 0 radical (unpaired) electrons. The minimum absolute atomic E-state index is 0.210. The number of nitrogens with zero attached hydrogens (tertiary/aromatic N) is 1. The molecule has 1 fully saturated rings. The number of carbonyl (C=O) groups excluding carboxylic acids is 1. The number of aromatic nitrogens is 1. The molecule has 2 unspecified atom stereocenters. The van der Waals surface area contributed by atoms with Crippen molar-refractivity contribution in [2.24, 2.45) is 0 Å². The van der Waals surface area contributed by atoms with Gasteiger partial charge in [-0.2, -0.15) is 0 Å². The Hall–Kier alpha value is -1.91. The molecule has 2 rings (SSSR count). The quantitative estimate of drug-likeness (QED) is 0.758. The highest BCUT2D eigenvalue weighted by Gasteiger charge is 2.38. The van der Waals surface area contributed by atoms with Gasteiger partial charge in [-0.1, -0.05) is 6.07 Å². The number of hydrogen-bond acceptors (Lipinski definition) is 3. The maximum absolute atomic E-state index is 11.2. The summed E-state index contributed by atoms with van der Waals surface area (Å²) in [6, 6.07) is 2.80. The number of carboxylic acids is 1. The van der Waals surface area contributed by atoms with Gasteiger partial charge in [0.2, 0.25) is 5.91 Å². The van der Waals surface area contributed by atoms with Crippen LogP contribution in [-0.2, 0) is 9.59 Å². The third kappa shape index (κ3) is 1.88. The van der Waals surface area contributed by atoms with Gasteiger partial charge in [-0.15, -0.1) is 0 Å². The summed E-state index contributed by atoms with van der Waals surface area (Å²) in [6.07, 6.45) is 1.85. The number of nitrogens with one attached hydrogen (secondary N) is 1. The zero-order valence-electron chi connectivity index (χ0n) is 8.80. The van der Waals surface area contributed by atoms with E-state index in [1.165, 1.54) is 0 Å². The molecule has 16 heavy (non-hydrogen) atoms. The lowest BCUT2D eigenvalue weighted by Gasteiger charge is -2.14. The van der Waals surface area contributed by atoms with Gasteiger partial charge < -0.3 is 10.4 Å². The SMILES string of the molecule is Cc1ccc(C2CC(=O)NC2C(=O)O)cn1. The van der Waals surface area contributed by atoms with Crippen LogP contribution in [0.4, 0.5) is 0 Å². The molecule has 1 saturated heterocycles. The molecule has 1 aromatic heterocycles. The second-order valence-electron chi connectivity index (χ2n) is 3.93. The van der Waals surface area contributed by atoms with Crippen molar-refractivity contribution in [2.75, 3.05) is 0 Å². The van der Waals surface area contributed by atoms with Crippen molar-refractivity contribution in [3.05, 3.63) is 29.6 Å². The normalized spacial score (nSPS) is 24.2. The fraction of sp³-hybridized carbons (Fsp3) is 0.364. The standard InChI is InChI=1S/C11H12N2O3/c1-6-2-3-7(5-12-6)8-4-9(14)13-10(8)11(15)16/h2-3,5,8,10H,4H2,1H3,(H,13,14)(H,15,16). The molecule has 0 spiro atoms. The second-order valence-corrected chi connectivity index (χ2v) is 3.93. The Balaban J connectivity index is 2.28. The van der Waals surface area contributed by atoms with Crippen LogP contribution in [0.2, 0.25) is 0 Å². The first kappa shape index (κ1) is 10.6. The van der Waals surface area contributed by atoms with Gasteiger partial charge in [0.05, 0.1) is 0 Å². The van der Waals surface area contributed by atoms with E-state index in [0.29, 0.717) is 0 Å². The summed E-state index contributed by atoms with van der Waals surface area (Å²) in [5.41, 5.74) is 1.66. The van der Waals surface area contributed by atoms with Gasteiger partial charge in [0.25, 0.3) is 0 Å². The average molecular weight is 220 g/mol. The Labute approximate surface area is 92.5 Å². The van der Waals surface area contributed by atoms with Crippen LogP contribution in [0.25, 0.3) is 0 Å². The second kappa shape index (κ2) is 3.92. The van der Waals surface area contributed by atoms with Crippen molar-refractivity contribution in [3.63, 3.8) is 0 Å². The fourth-order valence-corrected chi connectivity index (χ4v) is 1.89. The lowest BCUT2D eigenvalue weighted by atomic mass is 9.93. The number of carbonyl (C=O) groups is 2. The van der Waals surface area contributed by atoms with E-state index in [9.17, 15) is 9.59 Å². The van der Waals surface area contributed by atoms with E-state index in [-0.39, 0.29) is 18.2 Å². The Bertz CT molecular complexity index is 427. The number of amides is 1.